The molecule has 0 saturated carbocycles. The van der Waals surface area contributed by atoms with Crippen LogP contribution in [0.2, 0.25) is 10.0 Å². The van der Waals surface area contributed by atoms with Crippen LogP contribution in [0.4, 0.5) is 5.69 Å². The number of hydrogen-bond donors (Lipinski definition) is 1. The lowest BCUT2D eigenvalue weighted by Gasteiger charge is -2.21. The smallest absolute Gasteiger partial charge is 0.324 e. The number of ether oxygens (including phenoxy) is 1. The molecule has 29 heavy (non-hydrogen) atoms. The van der Waals surface area contributed by atoms with Crippen LogP contribution in [0.1, 0.15) is 19.4 Å². The van der Waals surface area contributed by atoms with Crippen molar-refractivity contribution in [3.63, 3.8) is 0 Å². The maximum absolute atomic E-state index is 12.7. The lowest BCUT2D eigenvalue weighted by molar-refractivity contribution is -0.385. The van der Waals surface area contributed by atoms with Crippen LogP contribution in [-0.2, 0) is 26.2 Å². The van der Waals surface area contributed by atoms with E-state index in [0.29, 0.717) is 0 Å². The third kappa shape index (κ3) is 5.66. The molecule has 2 aromatic carbocycles. The molecule has 0 fully saturated rings. The number of hydrogen-bond acceptors (Lipinski definition) is 6. The zero-order chi connectivity index (χ0) is 21.8. The Balaban J connectivity index is 2.22. The van der Waals surface area contributed by atoms with Crippen LogP contribution in [0.15, 0.2) is 47.4 Å². The predicted molar refractivity (Wildman–Crippen MR) is 108 cm³/mol. The van der Waals surface area contributed by atoms with Crippen LogP contribution in [0, 0.1) is 16.0 Å². The standard InChI is InChI=1S/C18H18Cl2N2O6S/c1-11(2)16(21-29(26,27)17-13(19)7-5-8-14(17)20)18(23)28-10-12-6-3-4-9-15(12)22(24)25/h3-9,11,16,21H,10H2,1-2H3. The van der Waals surface area contributed by atoms with E-state index in [9.17, 15) is 23.3 Å². The molecule has 11 heteroatoms. The van der Waals surface area contributed by atoms with E-state index in [1.807, 2.05) is 0 Å². The minimum absolute atomic E-state index is 0.0965. The molecule has 0 heterocycles. The Labute approximate surface area is 178 Å². The Bertz CT molecular complexity index is 1010. The fourth-order valence-corrected chi connectivity index (χ4v) is 4.95. The van der Waals surface area contributed by atoms with Gasteiger partial charge in [0.25, 0.3) is 5.69 Å². The Kier molecular flexibility index (Phi) is 7.59. The SMILES string of the molecule is CC(C)C(NS(=O)(=O)c1c(Cl)cccc1Cl)C(=O)OCc1ccccc1[N+](=O)[O-]. The molecule has 0 bridgehead atoms. The van der Waals surface area contributed by atoms with Gasteiger partial charge in [0.15, 0.2) is 0 Å². The highest BCUT2D eigenvalue weighted by molar-refractivity contribution is 7.89. The second-order valence-electron chi connectivity index (χ2n) is 6.39. The molecule has 2 rings (SSSR count). The lowest BCUT2D eigenvalue weighted by atomic mass is 10.1. The second-order valence-corrected chi connectivity index (χ2v) is 8.85. The number of nitro groups is 1. The number of para-hydroxylation sites is 1. The van der Waals surface area contributed by atoms with Gasteiger partial charge in [0, 0.05) is 6.07 Å². The Hall–Kier alpha value is -2.20. The summed E-state index contributed by atoms with van der Waals surface area (Å²) >= 11 is 11.9. The average molecular weight is 461 g/mol. The molecule has 0 aromatic heterocycles. The number of nitro benzene ring substituents is 1. The molecular weight excluding hydrogens is 443 g/mol. The molecule has 0 aliphatic carbocycles. The number of rotatable bonds is 8. The highest BCUT2D eigenvalue weighted by Crippen LogP contribution is 2.29. The van der Waals surface area contributed by atoms with Crippen LogP contribution < -0.4 is 4.72 Å². The quantitative estimate of drug-likeness (QED) is 0.362. The highest BCUT2D eigenvalue weighted by Gasteiger charge is 2.32. The largest absolute Gasteiger partial charge is 0.459 e. The molecular formula is C18H18Cl2N2O6S. The van der Waals surface area contributed by atoms with Crippen molar-refractivity contribution >= 4 is 44.9 Å². The van der Waals surface area contributed by atoms with Crippen molar-refractivity contribution in [2.75, 3.05) is 0 Å². The van der Waals surface area contributed by atoms with Gasteiger partial charge in [-0.15, -0.1) is 0 Å². The zero-order valence-electron chi connectivity index (χ0n) is 15.5. The van der Waals surface area contributed by atoms with E-state index in [0.717, 1.165) is 0 Å². The first-order chi connectivity index (χ1) is 13.5. The van der Waals surface area contributed by atoms with E-state index >= 15 is 0 Å². The summed E-state index contributed by atoms with van der Waals surface area (Å²) in [7, 11) is -4.24. The Morgan fingerprint density at radius 2 is 1.72 bits per heavy atom. The first-order valence-corrected chi connectivity index (χ1v) is 10.6. The minimum Gasteiger partial charge on any atom is -0.459 e. The summed E-state index contributed by atoms with van der Waals surface area (Å²) in [6, 6.07) is 8.74. The molecule has 0 aliphatic rings. The summed E-state index contributed by atoms with van der Waals surface area (Å²) in [6.07, 6.45) is 0. The summed E-state index contributed by atoms with van der Waals surface area (Å²) < 4.78 is 32.9. The lowest BCUT2D eigenvalue weighted by Crippen LogP contribution is -2.45. The monoisotopic (exact) mass is 460 g/mol. The number of halogens is 2. The van der Waals surface area contributed by atoms with Crippen molar-refractivity contribution in [3.05, 3.63) is 68.2 Å². The number of carbonyl (C=O) groups excluding carboxylic acids is 1. The molecule has 1 unspecified atom stereocenters. The third-order valence-electron chi connectivity index (χ3n) is 3.95. The molecule has 0 amide bonds. The number of nitrogens with zero attached hydrogens (tertiary/aromatic N) is 1. The molecule has 2 aromatic rings. The second kappa shape index (κ2) is 9.53. The third-order valence-corrected chi connectivity index (χ3v) is 6.34. The van der Waals surface area contributed by atoms with Crippen molar-refractivity contribution in [3.8, 4) is 0 Å². The molecule has 0 aliphatic heterocycles. The number of benzene rings is 2. The number of nitrogens with one attached hydrogen (secondary N) is 1. The van der Waals surface area contributed by atoms with E-state index in [2.05, 4.69) is 4.72 Å². The van der Waals surface area contributed by atoms with Gasteiger partial charge in [-0.25, -0.2) is 8.42 Å². The molecule has 8 nitrogen and oxygen atoms in total. The highest BCUT2D eigenvalue weighted by atomic mass is 35.5. The average Bonchev–Trinajstić information content (AvgIpc) is 2.63. The van der Waals surface area contributed by atoms with Gasteiger partial charge in [0.2, 0.25) is 10.0 Å². The predicted octanol–water partition coefficient (Wildman–Crippen LogP) is 3.95. The Morgan fingerprint density at radius 3 is 2.28 bits per heavy atom. The minimum atomic E-state index is -4.24. The number of carbonyl (C=O) groups is 1. The molecule has 0 radical (unpaired) electrons. The summed E-state index contributed by atoms with van der Waals surface area (Å²) in [4.78, 5) is 22.7. The topological polar surface area (TPSA) is 116 Å². The number of esters is 1. The van der Waals surface area contributed by atoms with Gasteiger partial charge in [-0.1, -0.05) is 55.2 Å². The zero-order valence-corrected chi connectivity index (χ0v) is 17.8. The van der Waals surface area contributed by atoms with Crippen LogP contribution in [0.25, 0.3) is 0 Å². The van der Waals surface area contributed by atoms with Gasteiger partial charge in [0.1, 0.15) is 17.5 Å². The molecule has 1 N–H and O–H groups in total. The maximum atomic E-state index is 12.7. The van der Waals surface area contributed by atoms with Crippen molar-refractivity contribution in [1.29, 1.82) is 0 Å². The van der Waals surface area contributed by atoms with Gasteiger partial charge in [-0.05, 0) is 24.1 Å². The van der Waals surface area contributed by atoms with E-state index in [1.54, 1.807) is 19.9 Å². The summed E-state index contributed by atoms with van der Waals surface area (Å²) in [5.41, 5.74) is -0.0183. The van der Waals surface area contributed by atoms with Gasteiger partial charge in [-0.2, -0.15) is 4.72 Å². The van der Waals surface area contributed by atoms with Crippen LogP contribution in [0.5, 0.6) is 0 Å². The molecule has 156 valence electrons. The van der Waals surface area contributed by atoms with Crippen molar-refractivity contribution in [1.82, 2.24) is 4.72 Å². The summed E-state index contributed by atoms with van der Waals surface area (Å²) in [5, 5.41) is 10.9. The van der Waals surface area contributed by atoms with Crippen LogP contribution >= 0.6 is 23.2 Å². The van der Waals surface area contributed by atoms with Gasteiger partial charge < -0.3 is 4.74 Å². The van der Waals surface area contributed by atoms with E-state index in [4.69, 9.17) is 27.9 Å². The molecule has 0 spiro atoms. The van der Waals surface area contributed by atoms with Gasteiger partial charge in [-0.3, -0.25) is 14.9 Å². The van der Waals surface area contributed by atoms with Crippen molar-refractivity contribution in [2.24, 2.45) is 5.92 Å². The maximum Gasteiger partial charge on any atom is 0.324 e. The first-order valence-electron chi connectivity index (χ1n) is 8.40. The summed E-state index contributed by atoms with van der Waals surface area (Å²) in [6.45, 7) is 2.86. The van der Waals surface area contributed by atoms with E-state index in [1.165, 1.54) is 36.4 Å². The Morgan fingerprint density at radius 1 is 1.14 bits per heavy atom. The normalized spacial score (nSPS) is 12.6. The van der Waals surface area contributed by atoms with Crippen LogP contribution in [0.3, 0.4) is 0 Å². The van der Waals surface area contributed by atoms with Crippen molar-refractivity contribution in [2.45, 2.75) is 31.4 Å². The molecule has 1 atom stereocenters. The van der Waals surface area contributed by atoms with Crippen molar-refractivity contribution < 1.29 is 22.9 Å². The first kappa shape index (κ1) is 23.1. The van der Waals surface area contributed by atoms with Gasteiger partial charge in [0.05, 0.1) is 20.5 Å². The number of sulfonamides is 1. The van der Waals surface area contributed by atoms with Gasteiger partial charge >= 0.3 is 5.97 Å². The van der Waals surface area contributed by atoms with E-state index < -0.39 is 32.9 Å². The fraction of sp³-hybridized carbons (Fsp3) is 0.278. The molecule has 0 saturated heterocycles. The van der Waals surface area contributed by atoms with E-state index in [-0.39, 0.29) is 32.8 Å². The van der Waals surface area contributed by atoms with Crippen LogP contribution in [-0.4, -0.2) is 25.4 Å². The summed E-state index contributed by atoms with van der Waals surface area (Å²) in [5.74, 6) is -1.37. The fourth-order valence-electron chi connectivity index (χ4n) is 2.47.